The van der Waals surface area contributed by atoms with Crippen LogP contribution in [0.3, 0.4) is 0 Å². The molecule has 4 aromatic rings. The predicted octanol–water partition coefficient (Wildman–Crippen LogP) is 7.76. The van der Waals surface area contributed by atoms with Gasteiger partial charge in [0.1, 0.15) is 0 Å². The van der Waals surface area contributed by atoms with Crippen molar-refractivity contribution in [2.24, 2.45) is 0 Å². The maximum atomic E-state index is 12.5. The first-order valence-electron chi connectivity index (χ1n) is 9.30. The molecule has 1 aromatic heterocycles. The van der Waals surface area contributed by atoms with Crippen LogP contribution in [-0.4, -0.2) is 10.9 Å². The average molecular weight is 486 g/mol. The minimum atomic E-state index is -0.390. The second kappa shape index (κ2) is 7.85. The van der Waals surface area contributed by atoms with Gasteiger partial charge in [-0.15, -0.1) is 0 Å². The van der Waals surface area contributed by atoms with Crippen LogP contribution >= 0.6 is 46.4 Å². The zero-order chi connectivity index (χ0) is 21.7. The number of hydrogen-bond donors (Lipinski definition) is 1. The number of benzene rings is 3. The Morgan fingerprint density at radius 1 is 0.742 bits per heavy atom. The number of amides is 1. The zero-order valence-corrected chi connectivity index (χ0v) is 18.7. The van der Waals surface area contributed by atoms with E-state index in [1.165, 1.54) is 0 Å². The highest BCUT2D eigenvalue weighted by atomic mass is 35.5. The minimum Gasteiger partial charge on any atom is -0.321 e. The number of rotatable bonds is 2. The van der Waals surface area contributed by atoms with Gasteiger partial charge in [0.05, 0.1) is 42.6 Å². The summed E-state index contributed by atoms with van der Waals surface area (Å²) in [6.45, 7) is 0. The molecule has 152 valence electrons. The molecule has 0 atom stereocenters. The van der Waals surface area contributed by atoms with Crippen LogP contribution in [0.1, 0.15) is 21.6 Å². The van der Waals surface area contributed by atoms with E-state index < -0.39 is 0 Å². The SMILES string of the molecule is O=C1N/C(=C\c2ccc3c(-c4ccccc4)cccc3n2)c2c(Cl)c(Cl)c(Cl)c(Cl)c21. The highest BCUT2D eigenvalue weighted by Gasteiger charge is 2.32. The van der Waals surface area contributed by atoms with Crippen molar-refractivity contribution in [3.63, 3.8) is 0 Å². The van der Waals surface area contributed by atoms with E-state index in [2.05, 4.69) is 23.5 Å². The Kier molecular flexibility index (Phi) is 5.15. The lowest BCUT2D eigenvalue weighted by molar-refractivity contribution is 0.0981. The molecule has 0 bridgehead atoms. The Morgan fingerprint density at radius 2 is 1.45 bits per heavy atom. The quantitative estimate of drug-likeness (QED) is 0.233. The summed E-state index contributed by atoms with van der Waals surface area (Å²) in [7, 11) is 0. The van der Waals surface area contributed by atoms with E-state index in [9.17, 15) is 4.79 Å². The van der Waals surface area contributed by atoms with Gasteiger partial charge in [0.15, 0.2) is 0 Å². The molecule has 0 saturated carbocycles. The van der Waals surface area contributed by atoms with Crippen LogP contribution < -0.4 is 5.32 Å². The average Bonchev–Trinajstić information content (AvgIpc) is 3.11. The van der Waals surface area contributed by atoms with Crippen molar-refractivity contribution in [2.75, 3.05) is 0 Å². The Balaban J connectivity index is 1.64. The molecular formula is C24H12Cl4N2O. The first-order valence-corrected chi connectivity index (χ1v) is 10.8. The van der Waals surface area contributed by atoms with Gasteiger partial charge >= 0.3 is 0 Å². The molecule has 0 unspecified atom stereocenters. The van der Waals surface area contributed by atoms with Crippen molar-refractivity contribution in [1.29, 1.82) is 0 Å². The van der Waals surface area contributed by atoms with Crippen LogP contribution in [0.5, 0.6) is 0 Å². The molecule has 3 nitrogen and oxygen atoms in total. The first-order chi connectivity index (χ1) is 15.0. The fraction of sp³-hybridized carbons (Fsp3) is 0. The van der Waals surface area contributed by atoms with Crippen molar-refractivity contribution < 1.29 is 4.79 Å². The van der Waals surface area contributed by atoms with E-state index in [1.807, 2.05) is 42.5 Å². The summed E-state index contributed by atoms with van der Waals surface area (Å²) < 4.78 is 0. The number of nitrogens with zero attached hydrogens (tertiary/aromatic N) is 1. The third-order valence-electron chi connectivity index (χ3n) is 5.14. The van der Waals surface area contributed by atoms with Crippen molar-refractivity contribution in [3.8, 4) is 11.1 Å². The number of carbonyl (C=O) groups is 1. The molecule has 31 heavy (non-hydrogen) atoms. The summed E-state index contributed by atoms with van der Waals surface area (Å²) in [6, 6.07) is 20.0. The number of nitrogens with one attached hydrogen (secondary N) is 1. The summed E-state index contributed by atoms with van der Waals surface area (Å²) in [5.74, 6) is -0.390. The van der Waals surface area contributed by atoms with Gasteiger partial charge in [0, 0.05) is 10.9 Å². The van der Waals surface area contributed by atoms with E-state index in [0.717, 1.165) is 22.0 Å². The summed E-state index contributed by atoms with van der Waals surface area (Å²) in [5, 5.41) is 4.22. The Labute approximate surface area is 198 Å². The fourth-order valence-corrected chi connectivity index (χ4v) is 4.76. The molecular weight excluding hydrogens is 474 g/mol. The Hall–Kier alpha value is -2.56. The van der Waals surface area contributed by atoms with Crippen LogP contribution in [0, 0.1) is 0 Å². The smallest absolute Gasteiger partial charge is 0.257 e. The van der Waals surface area contributed by atoms with E-state index in [-0.39, 0.29) is 31.6 Å². The fourth-order valence-electron chi connectivity index (χ4n) is 3.72. The van der Waals surface area contributed by atoms with Crippen molar-refractivity contribution >= 4 is 75.0 Å². The minimum absolute atomic E-state index is 0.0563. The monoisotopic (exact) mass is 484 g/mol. The maximum absolute atomic E-state index is 12.5. The number of fused-ring (bicyclic) bond motifs is 2. The van der Waals surface area contributed by atoms with Gasteiger partial charge < -0.3 is 5.32 Å². The third-order valence-corrected chi connectivity index (χ3v) is 6.94. The molecule has 0 saturated heterocycles. The second-order valence-corrected chi connectivity index (χ2v) is 8.50. The third kappa shape index (κ3) is 3.38. The summed E-state index contributed by atoms with van der Waals surface area (Å²) >= 11 is 25.0. The molecule has 0 aliphatic carbocycles. The highest BCUT2D eigenvalue weighted by molar-refractivity contribution is 6.54. The molecule has 3 aromatic carbocycles. The zero-order valence-electron chi connectivity index (χ0n) is 15.7. The number of hydrogen-bond acceptors (Lipinski definition) is 2. The maximum Gasteiger partial charge on any atom is 0.257 e. The van der Waals surface area contributed by atoms with Gasteiger partial charge in [-0.3, -0.25) is 4.79 Å². The summed E-state index contributed by atoms with van der Waals surface area (Å²) in [4.78, 5) is 17.3. The molecule has 0 fully saturated rings. The van der Waals surface area contributed by atoms with Crippen molar-refractivity contribution in [3.05, 3.63) is 97.6 Å². The lowest BCUT2D eigenvalue weighted by Gasteiger charge is -2.09. The van der Waals surface area contributed by atoms with Crippen LogP contribution in [0.15, 0.2) is 60.7 Å². The van der Waals surface area contributed by atoms with Crippen molar-refractivity contribution in [1.82, 2.24) is 10.3 Å². The van der Waals surface area contributed by atoms with Crippen molar-refractivity contribution in [2.45, 2.75) is 0 Å². The van der Waals surface area contributed by atoms with Gasteiger partial charge in [-0.1, -0.05) is 94.9 Å². The normalized spacial score (nSPS) is 14.2. The van der Waals surface area contributed by atoms with Crippen LogP contribution in [-0.2, 0) is 0 Å². The van der Waals surface area contributed by atoms with E-state index in [4.69, 9.17) is 51.4 Å². The van der Waals surface area contributed by atoms with Crippen LogP contribution in [0.2, 0.25) is 20.1 Å². The van der Waals surface area contributed by atoms with E-state index in [1.54, 1.807) is 6.08 Å². The Morgan fingerprint density at radius 3 is 2.19 bits per heavy atom. The molecule has 1 N–H and O–H groups in total. The number of halogens is 4. The van der Waals surface area contributed by atoms with E-state index >= 15 is 0 Å². The molecule has 7 heteroatoms. The molecule has 5 rings (SSSR count). The highest BCUT2D eigenvalue weighted by Crippen LogP contribution is 2.46. The molecule has 1 amide bonds. The number of pyridine rings is 1. The van der Waals surface area contributed by atoms with E-state index in [0.29, 0.717) is 17.0 Å². The molecule has 0 radical (unpaired) electrons. The van der Waals surface area contributed by atoms with Crippen LogP contribution in [0.4, 0.5) is 0 Å². The van der Waals surface area contributed by atoms with Gasteiger partial charge in [-0.05, 0) is 29.3 Å². The molecule has 2 heterocycles. The molecule has 1 aliphatic rings. The first kappa shape index (κ1) is 20.3. The second-order valence-electron chi connectivity index (χ2n) is 6.99. The largest absolute Gasteiger partial charge is 0.321 e. The molecule has 0 spiro atoms. The van der Waals surface area contributed by atoms with Gasteiger partial charge in [0.2, 0.25) is 0 Å². The van der Waals surface area contributed by atoms with Gasteiger partial charge in [0.25, 0.3) is 5.91 Å². The van der Waals surface area contributed by atoms with Gasteiger partial charge in [-0.2, -0.15) is 0 Å². The standard InChI is InChI=1S/C24H12Cl4N2O/c25-20-18-17(30-24(31)19(18)21(26)23(28)22(20)27)11-13-9-10-15-14(7-4-8-16(15)29-13)12-5-2-1-3-6-12/h1-11H,(H,30,31)/b17-11-. The molecule has 1 aliphatic heterocycles. The summed E-state index contributed by atoms with van der Waals surface area (Å²) in [6.07, 6.45) is 1.74. The number of aromatic nitrogens is 1. The van der Waals surface area contributed by atoms with Gasteiger partial charge in [-0.25, -0.2) is 4.98 Å². The summed E-state index contributed by atoms with van der Waals surface area (Å²) in [5.41, 5.74) is 4.80. The Bertz CT molecular complexity index is 1410. The number of carbonyl (C=O) groups excluding carboxylic acids is 1. The lowest BCUT2D eigenvalue weighted by Crippen LogP contribution is -2.12. The van der Waals surface area contributed by atoms with Crippen LogP contribution in [0.25, 0.3) is 33.8 Å². The topological polar surface area (TPSA) is 42.0 Å². The lowest BCUT2D eigenvalue weighted by atomic mass is 10.0. The predicted molar refractivity (Wildman–Crippen MR) is 129 cm³/mol.